The quantitative estimate of drug-likeness (QED) is 0.425. The van der Waals surface area contributed by atoms with Crippen molar-refractivity contribution >= 4 is 13.6 Å². The summed E-state index contributed by atoms with van der Waals surface area (Å²) in [4.78, 5) is 0. The molecule has 0 amide bonds. The summed E-state index contributed by atoms with van der Waals surface area (Å²) in [5, 5.41) is 1.61. The highest BCUT2D eigenvalue weighted by atomic mass is 28.2. The molecule has 0 heterocycles. The Labute approximate surface area is 48.8 Å². The van der Waals surface area contributed by atoms with Gasteiger partial charge in [0, 0.05) is 8.41 Å². The lowest BCUT2D eigenvalue weighted by molar-refractivity contribution is 1.81. The molecule has 0 N–H and O–H groups in total. The highest BCUT2D eigenvalue weighted by Crippen LogP contribution is 1.70. The van der Waals surface area contributed by atoms with E-state index in [0.29, 0.717) is 0 Å². The minimum absolute atomic E-state index is 0. The van der Waals surface area contributed by atoms with Crippen molar-refractivity contribution in [3.63, 3.8) is 0 Å². The van der Waals surface area contributed by atoms with Crippen molar-refractivity contribution < 1.29 is 0 Å². The number of hydrogen-bond donors (Lipinski definition) is 0. The van der Waals surface area contributed by atoms with Gasteiger partial charge in [0.2, 0.25) is 0 Å². The first kappa shape index (κ1) is 10.1. The predicted octanol–water partition coefficient (Wildman–Crippen LogP) is 2.17. The molecule has 0 rings (SSSR count). The first-order valence-electron chi connectivity index (χ1n) is 2.25. The molecule has 0 fully saturated rings. The molecule has 0 aliphatic carbocycles. The molecule has 0 saturated heterocycles. The average molecular weight is 116 g/mol. The summed E-state index contributed by atoms with van der Waals surface area (Å²) >= 11 is 0. The van der Waals surface area contributed by atoms with Gasteiger partial charge in [0.15, 0.2) is 0 Å². The minimum Gasteiger partial charge on any atom is -0.0959 e. The molecular formula is C6H16Si. The van der Waals surface area contributed by atoms with E-state index in [-0.39, 0.29) is 15.8 Å². The molecule has 0 aliphatic rings. The van der Waals surface area contributed by atoms with Gasteiger partial charge < -0.3 is 0 Å². The van der Waals surface area contributed by atoms with E-state index in [1.54, 1.807) is 5.17 Å². The van der Waals surface area contributed by atoms with E-state index in [4.69, 9.17) is 0 Å². The third kappa shape index (κ3) is 6.09. The molecule has 0 nitrogen and oxygen atoms in total. The van der Waals surface area contributed by atoms with Gasteiger partial charge in [0.05, 0.1) is 0 Å². The number of rotatable bonds is 0. The first-order valence-corrected chi connectivity index (χ1v) is 4.75. The summed E-state index contributed by atoms with van der Waals surface area (Å²) in [5.74, 6) is 0. The Balaban J connectivity index is 0. The molecule has 0 aromatic carbocycles. The second-order valence-electron chi connectivity index (χ2n) is 2.00. The van der Waals surface area contributed by atoms with Crippen molar-refractivity contribution in [1.29, 1.82) is 0 Å². The maximum Gasteiger partial charge on any atom is 0.00150 e. The summed E-state index contributed by atoms with van der Waals surface area (Å²) < 4.78 is 0. The van der Waals surface area contributed by atoms with Crippen LogP contribution >= 0.6 is 0 Å². The fourth-order valence-corrected chi connectivity index (χ4v) is 0. The van der Waals surface area contributed by atoms with Gasteiger partial charge >= 0.3 is 0 Å². The van der Waals surface area contributed by atoms with Crippen molar-refractivity contribution in [2.45, 2.75) is 34.4 Å². The normalized spacial score (nSPS) is 6.86. The zero-order valence-corrected chi connectivity index (χ0v) is 6.00. The fraction of sp³-hybridized carbons (Fsp3) is 0.833. The average Bonchev–Trinajstić information content (AvgIpc) is 1.36. The number of hydrogen-bond acceptors (Lipinski definition) is 0. The molecule has 7 heavy (non-hydrogen) atoms. The van der Waals surface area contributed by atoms with Crippen molar-refractivity contribution in [3.05, 3.63) is 0 Å². The Hall–Kier alpha value is 0.0869. The van der Waals surface area contributed by atoms with E-state index in [2.05, 4.69) is 26.9 Å². The molecular weight excluding hydrogens is 100 g/mol. The van der Waals surface area contributed by atoms with Crippen LogP contribution in [0.5, 0.6) is 0 Å². The van der Waals surface area contributed by atoms with Gasteiger partial charge in [-0.2, -0.15) is 0 Å². The lowest BCUT2D eigenvalue weighted by Gasteiger charge is -1.86. The Morgan fingerprint density at radius 3 is 1.29 bits per heavy atom. The van der Waals surface area contributed by atoms with Crippen LogP contribution < -0.4 is 0 Å². The van der Waals surface area contributed by atoms with Gasteiger partial charge in [0.1, 0.15) is 0 Å². The van der Waals surface area contributed by atoms with E-state index in [1.807, 2.05) is 0 Å². The highest BCUT2D eigenvalue weighted by molar-refractivity contribution is 6.68. The van der Waals surface area contributed by atoms with Crippen LogP contribution in [0.3, 0.4) is 0 Å². The van der Waals surface area contributed by atoms with Gasteiger partial charge in [-0.25, -0.2) is 0 Å². The molecule has 0 radical (unpaired) electrons. The van der Waals surface area contributed by atoms with Crippen molar-refractivity contribution in [2.75, 3.05) is 0 Å². The second kappa shape index (κ2) is 4.25. The summed E-state index contributed by atoms with van der Waals surface area (Å²) in [6, 6.07) is 0. The monoisotopic (exact) mass is 116 g/mol. The van der Waals surface area contributed by atoms with Crippen LogP contribution in [0, 0.1) is 0 Å². The zero-order valence-electron chi connectivity index (χ0n) is 5.00. The highest BCUT2D eigenvalue weighted by Gasteiger charge is 1.77. The smallest absolute Gasteiger partial charge is 0.00150 e. The molecule has 0 aliphatic heterocycles. The van der Waals surface area contributed by atoms with Gasteiger partial charge in [0.25, 0.3) is 0 Å². The third-order valence-electron chi connectivity index (χ3n) is 1.00. The summed E-state index contributed by atoms with van der Waals surface area (Å²) in [7, 11) is -0.0350. The first-order chi connectivity index (χ1) is 2.64. The largest absolute Gasteiger partial charge is 0.0959 e. The topological polar surface area (TPSA) is 0 Å². The van der Waals surface area contributed by atoms with E-state index in [0.717, 1.165) is 0 Å². The van der Waals surface area contributed by atoms with Crippen LogP contribution in [-0.4, -0.2) is 13.6 Å². The van der Waals surface area contributed by atoms with E-state index < -0.39 is 0 Å². The summed E-state index contributed by atoms with van der Waals surface area (Å²) in [5.41, 5.74) is 0. The van der Waals surface area contributed by atoms with Gasteiger partial charge in [-0.05, 0) is 13.8 Å². The Bertz CT molecular complexity index is 54.2. The van der Waals surface area contributed by atoms with Crippen LogP contribution in [0.4, 0.5) is 0 Å². The Kier molecular flexibility index (Phi) is 6.16. The minimum atomic E-state index is -0.0350. The molecule has 0 spiro atoms. The maximum absolute atomic E-state index is 2.31. The SMILES string of the molecule is C.CC(C)=[Si](C)C. The summed E-state index contributed by atoms with van der Waals surface area (Å²) in [6.45, 7) is 9.02. The van der Waals surface area contributed by atoms with Crippen LogP contribution in [0.15, 0.2) is 0 Å². The van der Waals surface area contributed by atoms with E-state index in [1.165, 1.54) is 0 Å². The van der Waals surface area contributed by atoms with Gasteiger partial charge in [-0.15, -0.1) is 0 Å². The molecule has 0 atom stereocenters. The predicted molar refractivity (Wildman–Crippen MR) is 40.6 cm³/mol. The van der Waals surface area contributed by atoms with Gasteiger partial charge in [-0.1, -0.05) is 25.7 Å². The lowest BCUT2D eigenvalue weighted by atomic mass is 10.6. The van der Waals surface area contributed by atoms with Crippen LogP contribution in [0.25, 0.3) is 0 Å². The maximum atomic E-state index is 2.31. The van der Waals surface area contributed by atoms with Gasteiger partial charge in [-0.3, -0.25) is 0 Å². The second-order valence-corrected chi connectivity index (χ2v) is 5.00. The molecule has 1 heteroatoms. The Morgan fingerprint density at radius 1 is 1.14 bits per heavy atom. The molecule has 0 saturated carbocycles. The van der Waals surface area contributed by atoms with Crippen molar-refractivity contribution in [2.24, 2.45) is 0 Å². The third-order valence-corrected chi connectivity index (χ3v) is 3.00. The van der Waals surface area contributed by atoms with E-state index in [9.17, 15) is 0 Å². The van der Waals surface area contributed by atoms with Crippen LogP contribution in [-0.2, 0) is 0 Å². The summed E-state index contributed by atoms with van der Waals surface area (Å²) in [6.07, 6.45) is 0. The molecule has 0 unspecified atom stereocenters. The molecule has 0 bridgehead atoms. The zero-order chi connectivity index (χ0) is 5.15. The van der Waals surface area contributed by atoms with Crippen LogP contribution in [0.1, 0.15) is 21.3 Å². The lowest BCUT2D eigenvalue weighted by Crippen LogP contribution is -1.97. The van der Waals surface area contributed by atoms with Crippen molar-refractivity contribution in [1.82, 2.24) is 0 Å². The standard InChI is InChI=1S/C5H12Si.CH4/c1-5(2)6(3)4;/h1-4H3;1H4. The fourth-order valence-electron chi connectivity index (χ4n) is 0. The molecule has 0 aromatic heterocycles. The van der Waals surface area contributed by atoms with E-state index >= 15 is 0 Å². The van der Waals surface area contributed by atoms with Crippen LogP contribution in [0.2, 0.25) is 13.1 Å². The Morgan fingerprint density at radius 2 is 1.29 bits per heavy atom. The molecule has 0 aromatic rings. The van der Waals surface area contributed by atoms with Crippen molar-refractivity contribution in [3.8, 4) is 0 Å². The molecule has 44 valence electrons.